The summed E-state index contributed by atoms with van der Waals surface area (Å²) in [6.45, 7) is 2.24. The fourth-order valence-corrected chi connectivity index (χ4v) is 3.82. The van der Waals surface area contributed by atoms with Crippen LogP contribution in [0.15, 0.2) is 18.2 Å². The topological polar surface area (TPSA) is 41.1 Å². The van der Waals surface area contributed by atoms with E-state index in [1.54, 1.807) is 18.2 Å². The fourth-order valence-electron chi connectivity index (χ4n) is 3.15. The Bertz CT molecular complexity index is 622. The lowest BCUT2D eigenvalue weighted by Crippen LogP contribution is -2.49. The van der Waals surface area contributed by atoms with Crippen LogP contribution >= 0.6 is 58.0 Å². The van der Waals surface area contributed by atoms with Gasteiger partial charge in [0.25, 0.3) is 0 Å². The maximum atomic E-state index is 12.3. The molecule has 1 atom stereocenters. The minimum atomic E-state index is -1.75. The molecule has 0 aromatic heterocycles. The summed E-state index contributed by atoms with van der Waals surface area (Å²) in [4.78, 5) is 12.3. The van der Waals surface area contributed by atoms with Crippen molar-refractivity contribution in [2.45, 2.75) is 93.9 Å². The average Bonchev–Trinajstić information content (AvgIpc) is 2.67. The smallest absolute Gasteiger partial charge is 0.228 e. The van der Waals surface area contributed by atoms with Crippen molar-refractivity contribution >= 4 is 69.6 Å². The second-order valence-corrected chi connectivity index (χ2v) is 10.8. The number of carbonyl (C=O) groups is 1. The summed E-state index contributed by atoms with van der Waals surface area (Å²) in [5.74, 6) is -0.173. The number of halogens is 5. The first-order chi connectivity index (χ1) is 14.2. The molecular formula is C22H33Cl5N2O. The third-order valence-corrected chi connectivity index (χ3v) is 6.09. The third kappa shape index (κ3) is 12.7. The number of alkyl halides is 3. The van der Waals surface area contributed by atoms with E-state index in [0.29, 0.717) is 22.2 Å². The van der Waals surface area contributed by atoms with Crippen LogP contribution in [0.1, 0.15) is 84.0 Å². The Labute approximate surface area is 206 Å². The molecule has 0 heterocycles. The summed E-state index contributed by atoms with van der Waals surface area (Å²) in [6.07, 6.45) is 12.9. The van der Waals surface area contributed by atoms with Gasteiger partial charge in [-0.1, -0.05) is 129 Å². The molecule has 1 aromatic carbocycles. The first-order valence-electron chi connectivity index (χ1n) is 10.8. The molecule has 0 radical (unpaired) electrons. The molecule has 2 N–H and O–H groups in total. The molecule has 1 amide bonds. The lowest BCUT2D eigenvalue weighted by molar-refractivity contribution is -0.121. The minimum absolute atomic E-state index is 0.173. The first kappa shape index (κ1) is 28.0. The van der Waals surface area contributed by atoms with Crippen LogP contribution in [0.25, 0.3) is 0 Å². The van der Waals surface area contributed by atoms with E-state index in [-0.39, 0.29) is 5.91 Å². The second-order valence-electron chi connectivity index (χ2n) is 7.60. The number of hydrogen-bond acceptors (Lipinski definition) is 2. The summed E-state index contributed by atoms with van der Waals surface area (Å²) in [6, 6.07) is 4.91. The molecule has 0 aliphatic rings. The quantitative estimate of drug-likeness (QED) is 0.138. The molecule has 0 saturated heterocycles. The average molecular weight is 519 g/mol. The highest BCUT2D eigenvalue weighted by atomic mass is 35.6. The Hall–Kier alpha value is -0.0600. The number of benzene rings is 1. The van der Waals surface area contributed by atoms with Gasteiger partial charge in [-0.25, -0.2) is 0 Å². The third-order valence-electron chi connectivity index (χ3n) is 4.87. The van der Waals surface area contributed by atoms with Gasteiger partial charge >= 0.3 is 0 Å². The van der Waals surface area contributed by atoms with E-state index >= 15 is 0 Å². The Morgan fingerprint density at radius 2 is 1.43 bits per heavy atom. The van der Waals surface area contributed by atoms with Gasteiger partial charge in [0.2, 0.25) is 9.70 Å². The van der Waals surface area contributed by atoms with E-state index in [4.69, 9.17) is 58.0 Å². The molecule has 0 bridgehead atoms. The van der Waals surface area contributed by atoms with Crippen molar-refractivity contribution in [3.8, 4) is 0 Å². The number of nitrogens with one attached hydrogen (secondary N) is 2. The zero-order valence-corrected chi connectivity index (χ0v) is 21.4. The number of carbonyl (C=O) groups excluding carboxylic acids is 1. The highest BCUT2D eigenvalue weighted by Gasteiger charge is 2.34. The standard InChI is InChI=1S/C22H33Cl5N2O/c1-2-3-4-5-6-7-8-9-10-11-12-13-20(30)29-21(22(25,26)27)28-19-16-17(23)14-15-18(19)24/h14-16,21,28H,2-13H2,1H3,(H,29,30). The van der Waals surface area contributed by atoms with E-state index < -0.39 is 9.96 Å². The van der Waals surface area contributed by atoms with Crippen LogP contribution in [0.5, 0.6) is 0 Å². The predicted octanol–water partition coefficient (Wildman–Crippen LogP) is 8.92. The van der Waals surface area contributed by atoms with Crippen LogP contribution in [0.3, 0.4) is 0 Å². The summed E-state index contributed by atoms with van der Waals surface area (Å²) < 4.78 is -1.75. The van der Waals surface area contributed by atoms with Crippen LogP contribution in [0.4, 0.5) is 5.69 Å². The van der Waals surface area contributed by atoms with Gasteiger partial charge in [0, 0.05) is 11.4 Å². The largest absolute Gasteiger partial charge is 0.361 e. The van der Waals surface area contributed by atoms with Gasteiger partial charge < -0.3 is 10.6 Å². The Morgan fingerprint density at radius 3 is 1.97 bits per heavy atom. The van der Waals surface area contributed by atoms with Crippen molar-refractivity contribution in [2.24, 2.45) is 0 Å². The van der Waals surface area contributed by atoms with Crippen LogP contribution in [-0.4, -0.2) is 15.9 Å². The Balaban J connectivity index is 2.27. The van der Waals surface area contributed by atoms with Crippen LogP contribution in [0, 0.1) is 0 Å². The van der Waals surface area contributed by atoms with Gasteiger partial charge in [0.05, 0.1) is 10.7 Å². The number of rotatable bonds is 15. The molecule has 8 heteroatoms. The van der Waals surface area contributed by atoms with Crippen LogP contribution in [0.2, 0.25) is 10.0 Å². The molecule has 3 nitrogen and oxygen atoms in total. The zero-order chi connectivity index (χ0) is 22.4. The maximum absolute atomic E-state index is 12.3. The summed E-state index contributed by atoms with van der Waals surface area (Å²) in [7, 11) is 0. The molecule has 30 heavy (non-hydrogen) atoms. The number of unbranched alkanes of at least 4 members (excludes halogenated alkanes) is 10. The highest BCUT2D eigenvalue weighted by Crippen LogP contribution is 2.33. The Kier molecular flexibility index (Phi) is 14.6. The van der Waals surface area contributed by atoms with Gasteiger partial charge in [-0.05, 0) is 24.6 Å². The van der Waals surface area contributed by atoms with Gasteiger partial charge in [-0.2, -0.15) is 0 Å². The monoisotopic (exact) mass is 516 g/mol. The van der Waals surface area contributed by atoms with E-state index in [9.17, 15) is 4.79 Å². The van der Waals surface area contributed by atoms with Crippen molar-refractivity contribution in [1.29, 1.82) is 0 Å². The molecule has 0 fully saturated rings. The van der Waals surface area contributed by atoms with Crippen molar-refractivity contribution < 1.29 is 4.79 Å². The number of anilines is 1. The first-order valence-corrected chi connectivity index (χ1v) is 12.7. The predicted molar refractivity (Wildman–Crippen MR) is 133 cm³/mol. The molecule has 1 unspecified atom stereocenters. The van der Waals surface area contributed by atoms with Crippen molar-refractivity contribution in [3.63, 3.8) is 0 Å². The van der Waals surface area contributed by atoms with E-state index in [1.807, 2.05) is 0 Å². The summed E-state index contributed by atoms with van der Waals surface area (Å²) >= 11 is 30.2. The second kappa shape index (κ2) is 15.7. The normalized spacial score (nSPS) is 12.6. The SMILES string of the molecule is CCCCCCCCCCCCCC(=O)NC(Nc1cc(Cl)ccc1Cl)C(Cl)(Cl)Cl. The summed E-state index contributed by atoms with van der Waals surface area (Å²) in [5, 5.41) is 6.60. The molecule has 0 spiro atoms. The molecule has 1 aromatic rings. The number of amides is 1. The maximum Gasteiger partial charge on any atom is 0.228 e. The van der Waals surface area contributed by atoms with E-state index in [2.05, 4.69) is 17.6 Å². The van der Waals surface area contributed by atoms with Crippen molar-refractivity contribution in [1.82, 2.24) is 5.32 Å². The van der Waals surface area contributed by atoms with Crippen molar-refractivity contribution in [3.05, 3.63) is 28.2 Å². The van der Waals surface area contributed by atoms with Gasteiger partial charge in [-0.3, -0.25) is 4.79 Å². The van der Waals surface area contributed by atoms with E-state index in [0.717, 1.165) is 19.3 Å². The van der Waals surface area contributed by atoms with Crippen LogP contribution in [-0.2, 0) is 4.79 Å². The Morgan fingerprint density at radius 1 is 0.900 bits per heavy atom. The van der Waals surface area contributed by atoms with Gasteiger partial charge in [0.1, 0.15) is 6.17 Å². The van der Waals surface area contributed by atoms with Crippen molar-refractivity contribution in [2.75, 3.05) is 5.32 Å². The molecule has 0 aliphatic carbocycles. The fraction of sp³-hybridized carbons (Fsp3) is 0.682. The highest BCUT2D eigenvalue weighted by molar-refractivity contribution is 6.68. The lowest BCUT2D eigenvalue weighted by atomic mass is 10.1. The lowest BCUT2D eigenvalue weighted by Gasteiger charge is -2.28. The van der Waals surface area contributed by atoms with Crippen LogP contribution < -0.4 is 10.6 Å². The van der Waals surface area contributed by atoms with Gasteiger partial charge in [-0.15, -0.1) is 0 Å². The minimum Gasteiger partial charge on any atom is -0.361 e. The molecule has 0 aliphatic heterocycles. The van der Waals surface area contributed by atoms with Gasteiger partial charge in [0.15, 0.2) is 0 Å². The number of hydrogen-bond donors (Lipinski definition) is 2. The molecule has 0 saturated carbocycles. The molecule has 1 rings (SSSR count). The summed E-state index contributed by atoms with van der Waals surface area (Å²) in [5.41, 5.74) is 0.482. The zero-order valence-electron chi connectivity index (χ0n) is 17.6. The molecule has 172 valence electrons. The molecular weight excluding hydrogens is 486 g/mol. The van der Waals surface area contributed by atoms with E-state index in [1.165, 1.54) is 51.4 Å².